The quantitative estimate of drug-likeness (QED) is 0.0514. The second kappa shape index (κ2) is 32.8. The number of aromatic nitrogens is 1. The first kappa shape index (κ1) is 73.2. The van der Waals surface area contributed by atoms with Crippen LogP contribution in [0.25, 0.3) is 10.9 Å². The van der Waals surface area contributed by atoms with Crippen molar-refractivity contribution in [1.29, 1.82) is 0 Å². The number of hydrogen-bond donors (Lipinski definition) is 15. The van der Waals surface area contributed by atoms with E-state index in [4.69, 9.17) is 10.5 Å². The summed E-state index contributed by atoms with van der Waals surface area (Å²) in [4.78, 5) is 196. The molecule has 4 aliphatic rings. The third kappa shape index (κ3) is 19.0. The summed E-state index contributed by atoms with van der Waals surface area (Å²) in [6.45, 7) is 8.21. The molecule has 33 heteroatoms. The van der Waals surface area contributed by atoms with E-state index in [1.54, 1.807) is 77.1 Å². The molecule has 32 nitrogen and oxygen atoms in total. The first-order valence-electron chi connectivity index (χ1n) is 31.3. The lowest BCUT2D eigenvalue weighted by Crippen LogP contribution is -2.62. The molecule has 2 aromatic carbocycles. The van der Waals surface area contributed by atoms with Gasteiger partial charge in [0.2, 0.25) is 82.7 Å². The molecule has 516 valence electrons. The Labute approximate surface area is 550 Å². The minimum Gasteiger partial charge on any atom is -0.489 e. The number of hydrogen-bond acceptors (Lipinski definition) is 19. The van der Waals surface area contributed by atoms with Gasteiger partial charge in [-0.2, -0.15) is 0 Å². The Morgan fingerprint density at radius 3 is 2.09 bits per heavy atom. The zero-order valence-electron chi connectivity index (χ0n) is 53.7. The molecule has 95 heavy (non-hydrogen) atoms. The summed E-state index contributed by atoms with van der Waals surface area (Å²) in [5, 5.41) is 58.3. The number of H-pyrrole nitrogens is 1. The number of thioether (sulfide) groups is 1. The third-order valence-corrected chi connectivity index (χ3v) is 18.2. The van der Waals surface area contributed by atoms with Crippen molar-refractivity contribution in [2.75, 3.05) is 43.9 Å². The number of carbonyl (C=O) groups is 14. The second-order valence-corrected chi connectivity index (χ2v) is 25.7. The lowest BCUT2D eigenvalue weighted by molar-refractivity contribution is -0.144. The van der Waals surface area contributed by atoms with Gasteiger partial charge in [0.05, 0.1) is 48.9 Å². The Balaban J connectivity index is 1.17. The van der Waals surface area contributed by atoms with Crippen molar-refractivity contribution in [3.05, 3.63) is 53.6 Å². The van der Waals surface area contributed by atoms with Gasteiger partial charge in [0, 0.05) is 73.5 Å². The number of nitrogens with one attached hydrogen (secondary N) is 11. The van der Waals surface area contributed by atoms with Gasteiger partial charge in [-0.3, -0.25) is 72.0 Å². The van der Waals surface area contributed by atoms with E-state index >= 15 is 0 Å². The maximum absolute atomic E-state index is 14.8. The number of nitrogens with two attached hydrogens (primary N) is 1. The van der Waals surface area contributed by atoms with Crippen LogP contribution in [0.5, 0.6) is 5.75 Å². The predicted molar refractivity (Wildman–Crippen MR) is 339 cm³/mol. The molecule has 2 fully saturated rings. The summed E-state index contributed by atoms with van der Waals surface area (Å²) in [6.07, 6.45) is -4.45. The molecular weight excluding hydrogens is 1260 g/mol. The molecule has 0 saturated carbocycles. The van der Waals surface area contributed by atoms with Crippen LogP contribution in [0, 0.1) is 23.7 Å². The predicted octanol–water partition coefficient (Wildman–Crippen LogP) is -3.69. The van der Waals surface area contributed by atoms with Gasteiger partial charge in [-0.15, -0.1) is 11.8 Å². The normalized spacial score (nSPS) is 24.5. The summed E-state index contributed by atoms with van der Waals surface area (Å²) in [7, 11) is 0. The van der Waals surface area contributed by atoms with Crippen molar-refractivity contribution in [3.8, 4) is 5.75 Å². The molecule has 0 aliphatic carbocycles. The van der Waals surface area contributed by atoms with E-state index in [1.165, 1.54) is 13.8 Å². The Bertz CT molecular complexity index is 3440. The van der Waals surface area contributed by atoms with E-state index in [2.05, 4.69) is 58.2 Å². The topological polar surface area (TPSA) is 477 Å². The van der Waals surface area contributed by atoms with Crippen LogP contribution in [0.15, 0.2) is 47.5 Å². The van der Waals surface area contributed by atoms with E-state index in [1.807, 2.05) is 0 Å². The van der Waals surface area contributed by atoms with E-state index in [9.17, 15) is 82.4 Å². The fourth-order valence-corrected chi connectivity index (χ4v) is 12.3. The molecular formula is C62H84N14O18S. The second-order valence-electron chi connectivity index (χ2n) is 24.7. The number of imide groups is 1. The summed E-state index contributed by atoms with van der Waals surface area (Å²) < 4.78 is 6.22. The molecule has 7 rings (SSSR count). The average Bonchev–Trinajstić information content (AvgIpc) is 1.66. The number of carbonyl (C=O) groups excluding carboxylic acids is 14. The van der Waals surface area contributed by atoms with Crippen molar-refractivity contribution in [2.45, 2.75) is 159 Å². The number of fused-ring (bicyclic) bond motifs is 5. The largest absolute Gasteiger partial charge is 0.489 e. The minimum atomic E-state index is -1.81. The Morgan fingerprint density at radius 1 is 0.768 bits per heavy atom. The summed E-state index contributed by atoms with van der Waals surface area (Å²) in [5.74, 6) is -14.1. The highest BCUT2D eigenvalue weighted by Crippen LogP contribution is 2.34. The number of anilines is 1. The summed E-state index contributed by atoms with van der Waals surface area (Å²) in [5.41, 5.74) is 7.28. The molecule has 3 aromatic rings. The Kier molecular flexibility index (Phi) is 25.2. The highest BCUT2D eigenvalue weighted by atomic mass is 32.2. The number of nitrogens with zero attached hydrogens (tertiary/aromatic N) is 2. The van der Waals surface area contributed by atoms with Crippen molar-refractivity contribution >= 4 is 111 Å². The van der Waals surface area contributed by atoms with Crippen LogP contribution in [0.2, 0.25) is 0 Å². The maximum Gasteiger partial charge on any atom is 0.246 e. The van der Waals surface area contributed by atoms with Gasteiger partial charge in [0.25, 0.3) is 0 Å². The molecule has 0 radical (unpaired) electrons. The van der Waals surface area contributed by atoms with E-state index in [0.29, 0.717) is 39.9 Å². The van der Waals surface area contributed by atoms with Crippen LogP contribution in [-0.4, -0.2) is 212 Å². The fraction of sp³-hybridized carbons (Fsp3) is 0.548. The fourth-order valence-electron chi connectivity index (χ4n) is 11.2. The molecule has 0 spiro atoms. The number of aromatic amines is 1. The van der Waals surface area contributed by atoms with Gasteiger partial charge in [-0.05, 0) is 54.2 Å². The van der Waals surface area contributed by atoms with Crippen LogP contribution in [0.3, 0.4) is 0 Å². The molecule has 16 N–H and O–H groups in total. The van der Waals surface area contributed by atoms with E-state index < -0.39 is 201 Å². The van der Waals surface area contributed by atoms with Crippen molar-refractivity contribution in [1.82, 2.24) is 62.6 Å². The average molecular weight is 1350 g/mol. The lowest BCUT2D eigenvalue weighted by atomic mass is 9.93. The Morgan fingerprint density at radius 2 is 1.45 bits per heavy atom. The van der Waals surface area contributed by atoms with Crippen LogP contribution in [-0.2, 0) is 80.2 Å². The number of rotatable bonds is 19. The minimum absolute atomic E-state index is 0.0240. The number of primary amides is 1. The summed E-state index contributed by atoms with van der Waals surface area (Å²) in [6, 6.07) is -0.349. The SMILES string of the molecule is CC[C@H](C)[C@@H]1NC(=O)CNC(=O)[C@@H]2Cc3c([nH]c4cc(OCc5ccc(NC(=O)[C@H](C)NC(=O)[C@@H](NC(=O)CCN6C(=O)CC(C)C6=O)C(C)C)cc5)ccc34)SC[C@H](NC(=O)CNC1=O)C(=O)N[C@@H](CC(N)=O)C(=O)N1C[C@H](O)C[C@H]1C(=O)N[C@@H]([C@@H](C)[C@@H](O)CO)C(=O)N2. The highest BCUT2D eigenvalue weighted by molar-refractivity contribution is 7.99. The monoisotopic (exact) mass is 1340 g/mol. The Hall–Kier alpha value is -9.21. The first-order chi connectivity index (χ1) is 45.0. The molecule has 5 heterocycles. The van der Waals surface area contributed by atoms with Gasteiger partial charge in [0.15, 0.2) is 0 Å². The van der Waals surface area contributed by atoms with Crippen molar-refractivity contribution in [2.24, 2.45) is 29.4 Å². The van der Waals surface area contributed by atoms with Gasteiger partial charge in [0.1, 0.15) is 60.7 Å². The van der Waals surface area contributed by atoms with Crippen LogP contribution >= 0.6 is 11.8 Å². The molecule has 13 atom stereocenters. The van der Waals surface area contributed by atoms with Gasteiger partial charge >= 0.3 is 0 Å². The van der Waals surface area contributed by atoms with Crippen LogP contribution in [0.4, 0.5) is 5.69 Å². The molecule has 2 bridgehead atoms. The number of likely N-dealkylation sites (tertiary alicyclic amines) is 1. The highest BCUT2D eigenvalue weighted by Gasteiger charge is 2.45. The number of aliphatic hydroxyl groups is 3. The molecule has 14 amide bonds. The van der Waals surface area contributed by atoms with Crippen molar-refractivity contribution in [3.63, 3.8) is 0 Å². The third-order valence-electron chi connectivity index (χ3n) is 17.0. The smallest absolute Gasteiger partial charge is 0.246 e. The number of benzene rings is 2. The van der Waals surface area contributed by atoms with Crippen molar-refractivity contribution < 1.29 is 87.2 Å². The van der Waals surface area contributed by atoms with Gasteiger partial charge in [-0.25, -0.2) is 0 Å². The number of ether oxygens (including phenoxy) is 1. The summed E-state index contributed by atoms with van der Waals surface area (Å²) >= 11 is 0.935. The lowest BCUT2D eigenvalue weighted by Gasteiger charge is -2.32. The van der Waals surface area contributed by atoms with Gasteiger partial charge < -0.3 is 88.8 Å². The first-order valence-corrected chi connectivity index (χ1v) is 32.3. The van der Waals surface area contributed by atoms with Crippen LogP contribution in [0.1, 0.15) is 91.7 Å². The molecule has 1 unspecified atom stereocenters. The molecule has 2 saturated heterocycles. The molecule has 4 aliphatic heterocycles. The number of aliphatic hydroxyl groups excluding tert-OH is 3. The molecule has 1 aromatic heterocycles. The zero-order valence-corrected chi connectivity index (χ0v) is 54.5. The van der Waals surface area contributed by atoms with E-state index in [0.717, 1.165) is 21.6 Å². The number of amides is 14. The maximum atomic E-state index is 14.8. The van der Waals surface area contributed by atoms with Crippen LogP contribution < -0.4 is 63.6 Å². The zero-order chi connectivity index (χ0) is 69.7. The standard InChI is InChI=1S/C62H84N14O18S/c1-8-29(4)51-57(89)65-22-47(82)68-42-27-95-60-38(20-40(54(86)64-23-48(83)73-51)69-59(91)52(31(6)44(79)25-77)74-56(88)43-18-35(78)24-76(43)62(93)41(21-45(63)80)70-55(42)87)37-14-13-36(19-39(37)71-60)94-26-33-9-11-34(12-10-33)67-53(85)32(7)66-58(90)50(28(2)3)72-46(81)15-16-75-49(84)17-30(5)61(75)92/h9-14,19,28-32,35,40-44,50-52,71,77-79H,8,15-18,20-27H2,1-7H3,(H2,63,80)(H,64,86)(H,65,89)(H,66,90)(H,67,85)(H,68,82)(H,69,91)(H,70,87)(H,72,81)(H,73,83)(H,74,88)/t29-,30?,31-,32-,35+,40-,41-,42-,43-,44-,50-,51-,52-/m0/s1. The van der Waals surface area contributed by atoms with E-state index in [-0.39, 0.29) is 48.6 Å². The van der Waals surface area contributed by atoms with Gasteiger partial charge in [-0.1, -0.05) is 60.1 Å².